The number of nitrogens with zero attached hydrogens (tertiary/aromatic N) is 3. The molecule has 1 heterocycles. The lowest BCUT2D eigenvalue weighted by Gasteiger charge is -2.20. The van der Waals surface area contributed by atoms with E-state index in [1.165, 1.54) is 11.1 Å². The maximum atomic E-state index is 12.7. The largest absolute Gasteiger partial charge is 0.352 e. The van der Waals surface area contributed by atoms with E-state index in [4.69, 9.17) is 0 Å². The first-order valence-corrected chi connectivity index (χ1v) is 12.4. The first kappa shape index (κ1) is 25.1. The Morgan fingerprint density at radius 2 is 1.69 bits per heavy atom. The molecule has 0 atom stereocenters. The van der Waals surface area contributed by atoms with Gasteiger partial charge in [0.05, 0.1) is 5.69 Å². The first-order valence-electron chi connectivity index (χ1n) is 12.4. The quantitative estimate of drug-likeness (QED) is 0.265. The van der Waals surface area contributed by atoms with Crippen molar-refractivity contribution in [2.45, 2.75) is 26.8 Å². The molecule has 1 aromatic heterocycles. The minimum absolute atomic E-state index is 0.0782. The number of anilines is 2. The highest BCUT2D eigenvalue weighted by Crippen LogP contribution is 2.20. The van der Waals surface area contributed by atoms with Crippen LogP contribution in [-0.4, -0.2) is 40.6 Å². The van der Waals surface area contributed by atoms with Crippen molar-refractivity contribution in [1.29, 1.82) is 0 Å². The molecule has 1 amide bonds. The predicted octanol–water partition coefficient (Wildman–Crippen LogP) is 5.84. The normalized spacial score (nSPS) is 10.9. The van der Waals surface area contributed by atoms with Gasteiger partial charge < -0.3 is 10.6 Å². The van der Waals surface area contributed by atoms with Crippen molar-refractivity contribution in [1.82, 2.24) is 20.4 Å². The summed E-state index contributed by atoms with van der Waals surface area (Å²) in [6.07, 6.45) is 0.896. The van der Waals surface area contributed by atoms with Crippen LogP contribution in [0.2, 0.25) is 0 Å². The first-order chi connectivity index (χ1) is 17.6. The lowest BCUT2D eigenvalue weighted by atomic mass is 10.1. The predicted molar refractivity (Wildman–Crippen MR) is 146 cm³/mol. The third-order valence-electron chi connectivity index (χ3n) is 6.04. The Morgan fingerprint density at radius 3 is 2.42 bits per heavy atom. The van der Waals surface area contributed by atoms with Crippen molar-refractivity contribution in [2.24, 2.45) is 0 Å². The molecule has 0 aliphatic carbocycles. The fraction of sp³-hybridized carbons (Fsp3) is 0.233. The van der Waals surface area contributed by atoms with Gasteiger partial charge in [-0.25, -0.2) is 0 Å². The summed E-state index contributed by atoms with van der Waals surface area (Å²) in [7, 11) is 0. The highest BCUT2D eigenvalue weighted by Gasteiger charge is 2.08. The van der Waals surface area contributed by atoms with Crippen LogP contribution in [0.3, 0.4) is 0 Å². The maximum absolute atomic E-state index is 12.7. The summed E-state index contributed by atoms with van der Waals surface area (Å²) in [5.74, 6) is 0.548. The second-order valence-electron chi connectivity index (χ2n) is 8.84. The Bertz CT molecular complexity index is 1240. The van der Waals surface area contributed by atoms with Gasteiger partial charge in [-0.3, -0.25) is 9.69 Å². The van der Waals surface area contributed by atoms with E-state index in [0.29, 0.717) is 17.9 Å². The molecule has 0 aliphatic heterocycles. The molecule has 0 radical (unpaired) electrons. The zero-order chi connectivity index (χ0) is 25.2. The number of benzene rings is 3. The molecular weight excluding hydrogens is 446 g/mol. The van der Waals surface area contributed by atoms with Gasteiger partial charge in [-0.1, -0.05) is 73.2 Å². The van der Waals surface area contributed by atoms with Crippen molar-refractivity contribution in [3.63, 3.8) is 0 Å². The number of nitrogens with one attached hydrogen (secondary N) is 2. The molecule has 0 fully saturated rings. The second kappa shape index (κ2) is 12.6. The SMILES string of the molecule is CCN(CCCNC(=O)c1cccc(Nc2ccc(-c3ccc(C)cc3)nn2)c1)Cc1ccccc1. The fourth-order valence-electron chi connectivity index (χ4n) is 3.96. The van der Waals surface area contributed by atoms with Gasteiger partial charge >= 0.3 is 0 Å². The molecule has 2 N–H and O–H groups in total. The van der Waals surface area contributed by atoms with E-state index in [-0.39, 0.29) is 5.91 Å². The summed E-state index contributed by atoms with van der Waals surface area (Å²) in [6.45, 7) is 7.70. The topological polar surface area (TPSA) is 70.2 Å². The molecule has 0 saturated carbocycles. The molecule has 0 bridgehead atoms. The van der Waals surface area contributed by atoms with E-state index >= 15 is 0 Å². The molecule has 184 valence electrons. The minimum Gasteiger partial charge on any atom is -0.352 e. The molecule has 6 heteroatoms. The molecule has 4 aromatic rings. The third-order valence-corrected chi connectivity index (χ3v) is 6.04. The Hall–Kier alpha value is -4.03. The maximum Gasteiger partial charge on any atom is 0.251 e. The van der Waals surface area contributed by atoms with Crippen molar-refractivity contribution in [2.75, 3.05) is 25.0 Å². The third kappa shape index (κ3) is 7.23. The van der Waals surface area contributed by atoms with Crippen LogP contribution in [0.15, 0.2) is 91.0 Å². The average Bonchev–Trinajstić information content (AvgIpc) is 2.92. The van der Waals surface area contributed by atoms with Crippen molar-refractivity contribution in [3.05, 3.63) is 108 Å². The van der Waals surface area contributed by atoms with Crippen LogP contribution in [0, 0.1) is 6.92 Å². The molecular formula is C30H33N5O. The van der Waals surface area contributed by atoms with Crippen molar-refractivity contribution in [3.8, 4) is 11.3 Å². The Morgan fingerprint density at radius 1 is 0.889 bits per heavy atom. The molecule has 4 rings (SSSR count). The number of aryl methyl sites for hydroxylation is 1. The van der Waals surface area contributed by atoms with Crippen LogP contribution in [0.5, 0.6) is 0 Å². The van der Waals surface area contributed by atoms with Crippen LogP contribution in [0.25, 0.3) is 11.3 Å². The summed E-state index contributed by atoms with van der Waals surface area (Å²) in [5, 5.41) is 14.9. The van der Waals surface area contributed by atoms with E-state index < -0.39 is 0 Å². The lowest BCUT2D eigenvalue weighted by Crippen LogP contribution is -2.29. The number of carbonyl (C=O) groups excluding carboxylic acids is 1. The van der Waals surface area contributed by atoms with E-state index in [2.05, 4.69) is 76.0 Å². The van der Waals surface area contributed by atoms with Crippen LogP contribution in [-0.2, 0) is 6.54 Å². The van der Waals surface area contributed by atoms with Crippen LogP contribution < -0.4 is 10.6 Å². The minimum atomic E-state index is -0.0782. The van der Waals surface area contributed by atoms with Crippen molar-refractivity contribution >= 4 is 17.4 Å². The molecule has 0 saturated heterocycles. The van der Waals surface area contributed by atoms with Gasteiger partial charge in [-0.05, 0) is 55.8 Å². The number of aromatic nitrogens is 2. The summed E-state index contributed by atoms with van der Waals surface area (Å²) < 4.78 is 0. The zero-order valence-corrected chi connectivity index (χ0v) is 20.9. The summed E-state index contributed by atoms with van der Waals surface area (Å²) >= 11 is 0. The van der Waals surface area contributed by atoms with Crippen LogP contribution >= 0.6 is 0 Å². The second-order valence-corrected chi connectivity index (χ2v) is 8.84. The molecule has 3 aromatic carbocycles. The number of rotatable bonds is 11. The number of hydrogen-bond donors (Lipinski definition) is 2. The van der Waals surface area contributed by atoms with E-state index in [1.807, 2.05) is 54.6 Å². The highest BCUT2D eigenvalue weighted by molar-refractivity contribution is 5.95. The van der Waals surface area contributed by atoms with Gasteiger partial charge in [-0.15, -0.1) is 10.2 Å². The Labute approximate surface area is 213 Å². The standard InChI is InChI=1S/C30H33N5O/c1-3-35(22-24-9-5-4-6-10-24)20-8-19-31-30(36)26-11-7-12-27(21-26)32-29-18-17-28(33-34-29)25-15-13-23(2)14-16-25/h4-7,9-18,21H,3,8,19-20,22H2,1-2H3,(H,31,36)(H,32,34). The van der Waals surface area contributed by atoms with Gasteiger partial charge in [0.1, 0.15) is 0 Å². The number of amides is 1. The molecule has 0 aliphatic rings. The Kier molecular flexibility index (Phi) is 8.78. The molecule has 0 unspecified atom stereocenters. The van der Waals surface area contributed by atoms with Gasteiger partial charge in [-0.2, -0.15) is 0 Å². The molecule has 0 spiro atoms. The average molecular weight is 480 g/mol. The van der Waals surface area contributed by atoms with Crippen LogP contribution in [0.4, 0.5) is 11.5 Å². The fourth-order valence-corrected chi connectivity index (χ4v) is 3.96. The van der Waals surface area contributed by atoms with E-state index in [0.717, 1.165) is 43.0 Å². The number of hydrogen-bond acceptors (Lipinski definition) is 5. The van der Waals surface area contributed by atoms with Gasteiger partial charge in [0.25, 0.3) is 5.91 Å². The molecule has 36 heavy (non-hydrogen) atoms. The monoisotopic (exact) mass is 479 g/mol. The van der Waals surface area contributed by atoms with Crippen molar-refractivity contribution < 1.29 is 4.79 Å². The summed E-state index contributed by atoms with van der Waals surface area (Å²) in [6, 6.07) is 29.9. The Balaban J connectivity index is 1.26. The van der Waals surface area contributed by atoms with Gasteiger partial charge in [0.2, 0.25) is 0 Å². The van der Waals surface area contributed by atoms with Crippen LogP contribution in [0.1, 0.15) is 34.8 Å². The van der Waals surface area contributed by atoms with Gasteiger partial charge in [0, 0.05) is 36.4 Å². The summed E-state index contributed by atoms with van der Waals surface area (Å²) in [4.78, 5) is 15.1. The smallest absolute Gasteiger partial charge is 0.251 e. The van der Waals surface area contributed by atoms with Gasteiger partial charge in [0.15, 0.2) is 5.82 Å². The van der Waals surface area contributed by atoms with E-state index in [1.54, 1.807) is 0 Å². The zero-order valence-electron chi connectivity index (χ0n) is 20.9. The van der Waals surface area contributed by atoms with E-state index in [9.17, 15) is 4.79 Å². The number of carbonyl (C=O) groups is 1. The lowest BCUT2D eigenvalue weighted by molar-refractivity contribution is 0.0951. The summed E-state index contributed by atoms with van der Waals surface area (Å²) in [5.41, 5.74) is 5.77. The molecule has 6 nitrogen and oxygen atoms in total. The highest BCUT2D eigenvalue weighted by atomic mass is 16.1.